The van der Waals surface area contributed by atoms with Crippen molar-refractivity contribution in [3.63, 3.8) is 0 Å². The van der Waals surface area contributed by atoms with E-state index < -0.39 is 57.5 Å². The molecule has 0 radical (unpaired) electrons. The first-order valence-electron chi connectivity index (χ1n) is 14.4. The number of hydrogen-bond donors (Lipinski definition) is 3. The van der Waals surface area contributed by atoms with Gasteiger partial charge in [-0.25, -0.2) is 13.8 Å². The van der Waals surface area contributed by atoms with Gasteiger partial charge in [0.15, 0.2) is 5.82 Å². The molecule has 0 saturated heterocycles. The highest BCUT2D eigenvalue weighted by Gasteiger charge is 2.39. The molecule has 0 spiro atoms. The number of nitrogens with two attached hydrogens (primary N) is 1. The number of ether oxygens (including phenoxy) is 3. The van der Waals surface area contributed by atoms with Crippen molar-refractivity contribution in [2.75, 3.05) is 43.9 Å². The number of rotatable bonds is 8. The lowest BCUT2D eigenvalue weighted by Gasteiger charge is -2.21. The van der Waals surface area contributed by atoms with Gasteiger partial charge < -0.3 is 30.6 Å². The quantitative estimate of drug-likeness (QED) is 0.0814. The summed E-state index contributed by atoms with van der Waals surface area (Å²) < 4.78 is 90.7. The number of pyridine rings is 1. The number of nitrogen functional groups attached to an aromatic ring is 1. The Kier molecular flexibility index (Phi) is 12.1. The van der Waals surface area contributed by atoms with Crippen molar-refractivity contribution >= 4 is 22.4 Å². The highest BCUT2D eigenvalue weighted by Crippen LogP contribution is 2.44. The van der Waals surface area contributed by atoms with Crippen molar-refractivity contribution in [1.82, 2.24) is 20.3 Å². The molecule has 3 aromatic rings. The molecular weight excluding hydrogens is 599 g/mol. The van der Waals surface area contributed by atoms with Crippen LogP contribution in [0.2, 0.25) is 0 Å². The summed E-state index contributed by atoms with van der Waals surface area (Å²) in [5.41, 5.74) is 0.924. The molecule has 244 valence electrons. The van der Waals surface area contributed by atoms with Crippen LogP contribution in [0.4, 0.5) is 33.5 Å². The van der Waals surface area contributed by atoms with Crippen molar-refractivity contribution in [3.8, 4) is 23.1 Å². The maximum Gasteiger partial charge on any atom is 0.417 e. The fraction of sp³-hybridized carbons (Fsp3) is 0.387. The maximum atomic E-state index is 16.3. The molecule has 0 fully saturated rings. The Morgan fingerprint density at radius 1 is 1.11 bits per heavy atom. The van der Waals surface area contributed by atoms with Crippen LogP contribution in [0.3, 0.4) is 0 Å². The number of alkyl halides is 3. The van der Waals surface area contributed by atoms with E-state index in [0.717, 1.165) is 6.92 Å². The topological polar surface area (TPSA) is 116 Å². The number of nitrogens with one attached hydrogen (secondary N) is 2. The van der Waals surface area contributed by atoms with Crippen LogP contribution in [0, 0.1) is 18.6 Å². The van der Waals surface area contributed by atoms with Crippen molar-refractivity contribution in [2.45, 2.75) is 46.4 Å². The summed E-state index contributed by atoms with van der Waals surface area (Å²) in [6.45, 7) is 15.3. The number of nitrogens with zero attached hydrogens (tertiary/aromatic N) is 3. The van der Waals surface area contributed by atoms with Gasteiger partial charge in [-0.1, -0.05) is 33.1 Å². The average molecular weight is 637 g/mol. The first-order valence-corrected chi connectivity index (χ1v) is 14.4. The number of benzene rings is 1. The maximum absolute atomic E-state index is 16.3. The molecule has 0 bridgehead atoms. The Balaban J connectivity index is 0.00000271. The third-order valence-corrected chi connectivity index (χ3v) is 6.50. The molecule has 1 aromatic carbocycles. The highest BCUT2D eigenvalue weighted by atomic mass is 19.4. The molecule has 45 heavy (non-hydrogen) atoms. The second-order valence-corrected chi connectivity index (χ2v) is 9.58. The number of halogens is 5. The van der Waals surface area contributed by atoms with Gasteiger partial charge in [0.2, 0.25) is 5.88 Å². The van der Waals surface area contributed by atoms with E-state index in [1.165, 1.54) is 12.2 Å². The van der Waals surface area contributed by atoms with Crippen LogP contribution in [0.25, 0.3) is 22.2 Å². The summed E-state index contributed by atoms with van der Waals surface area (Å²) in [5.74, 6) is -2.17. The number of anilines is 2. The summed E-state index contributed by atoms with van der Waals surface area (Å²) in [5, 5.41) is 6.29. The SMILES string of the molecule is C=C/C=C(\C=C)OCCOc1nc2c3c(nc(-c4cc(N)c(F)c(C)c4C(F)(F)F)c(F)c3n1)OC(C)CCNCCN2.CC. The van der Waals surface area contributed by atoms with Crippen molar-refractivity contribution in [1.29, 1.82) is 0 Å². The second-order valence-electron chi connectivity index (χ2n) is 9.58. The Labute approximate surface area is 258 Å². The zero-order valence-electron chi connectivity index (χ0n) is 25.6. The second kappa shape index (κ2) is 15.5. The van der Waals surface area contributed by atoms with Gasteiger partial charge in [0, 0.05) is 18.7 Å². The Hall–Kier alpha value is -4.46. The van der Waals surface area contributed by atoms with Crippen LogP contribution in [-0.2, 0) is 10.9 Å². The minimum absolute atomic E-state index is 0.00169. The summed E-state index contributed by atoms with van der Waals surface area (Å²) in [6.07, 6.45) is -0.450. The van der Waals surface area contributed by atoms with Gasteiger partial charge in [-0.05, 0) is 50.6 Å². The fourth-order valence-corrected chi connectivity index (χ4v) is 4.48. The molecule has 0 saturated carbocycles. The third kappa shape index (κ3) is 8.18. The van der Waals surface area contributed by atoms with Gasteiger partial charge in [-0.3, -0.25) is 0 Å². The largest absolute Gasteiger partial charge is 0.490 e. The van der Waals surface area contributed by atoms with E-state index in [2.05, 4.69) is 38.7 Å². The molecule has 1 aliphatic heterocycles. The molecular formula is C31H37F5N6O3. The average Bonchev–Trinajstić information content (AvgIpc) is 3.03. The van der Waals surface area contributed by atoms with Gasteiger partial charge in [-0.15, -0.1) is 0 Å². The molecule has 1 unspecified atom stereocenters. The standard InChI is InChI=1S/C29H31F5N6O3.C2H6/c1-5-7-17(6-2)41-12-13-42-28-39-25-20-26(40-28)37-11-10-36-9-8-15(3)43-27(20)38-24(23(25)31)18-14-19(35)22(30)16(4)21(18)29(32,33)34;1-2/h5-7,14-15,36H,1-2,8-13,35H2,3-4H3,(H,37,39,40);1-2H3/b17-7+;. The molecule has 9 nitrogen and oxygen atoms in total. The van der Waals surface area contributed by atoms with Crippen molar-refractivity contribution < 1.29 is 36.2 Å². The van der Waals surface area contributed by atoms with Crippen LogP contribution in [0.5, 0.6) is 11.9 Å². The summed E-state index contributed by atoms with van der Waals surface area (Å²) in [4.78, 5) is 12.7. The Bertz CT molecular complexity index is 1560. The van der Waals surface area contributed by atoms with E-state index >= 15 is 4.39 Å². The molecule has 4 N–H and O–H groups in total. The van der Waals surface area contributed by atoms with E-state index in [0.29, 0.717) is 37.9 Å². The van der Waals surface area contributed by atoms with Gasteiger partial charge in [0.1, 0.15) is 47.2 Å². The van der Waals surface area contributed by atoms with E-state index in [9.17, 15) is 17.6 Å². The molecule has 4 rings (SSSR count). The van der Waals surface area contributed by atoms with Crippen molar-refractivity contribution in [3.05, 3.63) is 66.0 Å². The van der Waals surface area contributed by atoms with Crippen LogP contribution in [0.1, 0.15) is 38.3 Å². The zero-order chi connectivity index (χ0) is 33.3. The minimum atomic E-state index is -5.06. The number of hydrogen-bond acceptors (Lipinski definition) is 9. The molecule has 2 aromatic heterocycles. The molecule has 1 aliphatic rings. The van der Waals surface area contributed by atoms with Crippen LogP contribution < -0.4 is 25.8 Å². The van der Waals surface area contributed by atoms with Gasteiger partial charge >= 0.3 is 12.2 Å². The van der Waals surface area contributed by atoms with E-state index in [4.69, 9.17) is 19.9 Å². The lowest BCUT2D eigenvalue weighted by molar-refractivity contribution is -0.137. The van der Waals surface area contributed by atoms with Gasteiger partial charge in [0.25, 0.3) is 0 Å². The predicted molar refractivity (Wildman–Crippen MR) is 164 cm³/mol. The van der Waals surface area contributed by atoms with E-state index in [-0.39, 0.29) is 36.3 Å². The Morgan fingerprint density at radius 2 is 1.84 bits per heavy atom. The molecule has 0 aliphatic carbocycles. The predicted octanol–water partition coefficient (Wildman–Crippen LogP) is 6.73. The van der Waals surface area contributed by atoms with Gasteiger partial charge in [-0.2, -0.15) is 23.1 Å². The Morgan fingerprint density at radius 3 is 2.51 bits per heavy atom. The molecule has 1 atom stereocenters. The smallest absolute Gasteiger partial charge is 0.417 e. The fourth-order valence-electron chi connectivity index (χ4n) is 4.48. The monoisotopic (exact) mass is 636 g/mol. The molecule has 3 heterocycles. The zero-order valence-corrected chi connectivity index (χ0v) is 25.6. The lowest BCUT2D eigenvalue weighted by atomic mass is 9.96. The van der Waals surface area contributed by atoms with E-state index in [1.54, 1.807) is 13.0 Å². The molecule has 0 amide bonds. The normalized spacial score (nSPS) is 15.5. The third-order valence-electron chi connectivity index (χ3n) is 6.50. The molecule has 14 heteroatoms. The first kappa shape index (κ1) is 35.0. The first-order chi connectivity index (χ1) is 21.5. The van der Waals surface area contributed by atoms with E-state index in [1.807, 2.05) is 13.8 Å². The summed E-state index contributed by atoms with van der Waals surface area (Å²) in [7, 11) is 0. The lowest BCUT2D eigenvalue weighted by Crippen LogP contribution is -2.26. The summed E-state index contributed by atoms with van der Waals surface area (Å²) in [6, 6.07) is 0.423. The highest BCUT2D eigenvalue weighted by molar-refractivity contribution is 5.96. The van der Waals surface area contributed by atoms with Crippen LogP contribution >= 0.6 is 0 Å². The van der Waals surface area contributed by atoms with Crippen LogP contribution in [0.15, 0.2) is 43.2 Å². The van der Waals surface area contributed by atoms with Crippen LogP contribution in [-0.4, -0.2) is 53.9 Å². The van der Waals surface area contributed by atoms with Gasteiger partial charge in [0.05, 0.1) is 17.4 Å². The number of aromatic nitrogens is 3. The minimum Gasteiger partial charge on any atom is -0.490 e. The summed E-state index contributed by atoms with van der Waals surface area (Å²) >= 11 is 0. The number of allylic oxidation sites excluding steroid dienone is 3. The van der Waals surface area contributed by atoms with Crippen molar-refractivity contribution in [2.24, 2.45) is 0 Å².